The van der Waals surface area contributed by atoms with Crippen molar-refractivity contribution in [2.24, 2.45) is 0 Å². The van der Waals surface area contributed by atoms with Gasteiger partial charge in [0, 0.05) is 18.9 Å². The fourth-order valence-electron chi connectivity index (χ4n) is 1.80. The minimum atomic E-state index is -0.531. The molecule has 2 rings (SSSR count). The molecular weight excluding hydrogens is 235 g/mol. The van der Waals surface area contributed by atoms with E-state index < -0.39 is 11.9 Å². The fraction of sp³-hybridized carbons (Fsp3) is 0.231. The first kappa shape index (κ1) is 12.3. The van der Waals surface area contributed by atoms with E-state index in [1.165, 1.54) is 19.4 Å². The normalized spacial score (nSPS) is 10.4. The molecular formula is C13H13FN2O2. The van der Waals surface area contributed by atoms with Gasteiger partial charge in [-0.1, -0.05) is 0 Å². The third kappa shape index (κ3) is 2.56. The average molecular weight is 248 g/mol. The maximum atomic E-state index is 13.0. The lowest BCUT2D eigenvalue weighted by Gasteiger charge is -2.07. The van der Waals surface area contributed by atoms with Gasteiger partial charge < -0.3 is 9.30 Å². The SMILES string of the molecule is COC(=O)c1cc(C)cn1Cc1ccnc(F)c1. The Bertz CT molecular complexity index is 578. The summed E-state index contributed by atoms with van der Waals surface area (Å²) in [7, 11) is 1.33. The van der Waals surface area contributed by atoms with Crippen LogP contribution in [0.1, 0.15) is 21.6 Å². The van der Waals surface area contributed by atoms with Gasteiger partial charge in [0.1, 0.15) is 5.69 Å². The molecule has 5 heteroatoms. The molecule has 0 N–H and O–H groups in total. The van der Waals surface area contributed by atoms with E-state index in [1.807, 2.05) is 13.1 Å². The van der Waals surface area contributed by atoms with Gasteiger partial charge in [-0.25, -0.2) is 9.78 Å². The molecule has 0 bridgehead atoms. The zero-order valence-corrected chi connectivity index (χ0v) is 10.2. The third-order valence-electron chi connectivity index (χ3n) is 2.57. The first-order valence-corrected chi connectivity index (χ1v) is 5.45. The van der Waals surface area contributed by atoms with Crippen LogP contribution >= 0.6 is 0 Å². The van der Waals surface area contributed by atoms with Crippen molar-refractivity contribution in [1.29, 1.82) is 0 Å². The van der Waals surface area contributed by atoms with E-state index >= 15 is 0 Å². The summed E-state index contributed by atoms with van der Waals surface area (Å²) in [6.45, 7) is 2.29. The molecule has 2 aromatic heterocycles. The Kier molecular flexibility index (Phi) is 3.41. The highest BCUT2D eigenvalue weighted by Crippen LogP contribution is 2.12. The van der Waals surface area contributed by atoms with Crippen LogP contribution < -0.4 is 0 Å². The zero-order chi connectivity index (χ0) is 13.1. The number of rotatable bonds is 3. The number of halogens is 1. The Morgan fingerprint density at radius 3 is 2.94 bits per heavy atom. The van der Waals surface area contributed by atoms with E-state index in [-0.39, 0.29) is 0 Å². The van der Waals surface area contributed by atoms with Crippen molar-refractivity contribution < 1.29 is 13.9 Å². The summed E-state index contributed by atoms with van der Waals surface area (Å²) in [6.07, 6.45) is 3.23. The van der Waals surface area contributed by atoms with Gasteiger partial charge in [0.15, 0.2) is 0 Å². The fourth-order valence-corrected chi connectivity index (χ4v) is 1.80. The van der Waals surface area contributed by atoms with Crippen molar-refractivity contribution >= 4 is 5.97 Å². The highest BCUT2D eigenvalue weighted by atomic mass is 19.1. The van der Waals surface area contributed by atoms with Gasteiger partial charge in [-0.2, -0.15) is 4.39 Å². The summed E-state index contributed by atoms with van der Waals surface area (Å²) >= 11 is 0. The van der Waals surface area contributed by atoms with Gasteiger partial charge >= 0.3 is 5.97 Å². The maximum absolute atomic E-state index is 13.0. The van der Waals surface area contributed by atoms with E-state index in [9.17, 15) is 9.18 Å². The van der Waals surface area contributed by atoms with Gasteiger partial charge in [-0.05, 0) is 36.2 Å². The lowest BCUT2D eigenvalue weighted by molar-refractivity contribution is 0.0589. The highest BCUT2D eigenvalue weighted by Gasteiger charge is 2.13. The molecule has 0 radical (unpaired) electrons. The molecule has 0 saturated carbocycles. The van der Waals surface area contributed by atoms with E-state index in [0.717, 1.165) is 11.1 Å². The van der Waals surface area contributed by atoms with Crippen LogP contribution in [0.5, 0.6) is 0 Å². The van der Waals surface area contributed by atoms with Crippen LogP contribution in [0.3, 0.4) is 0 Å². The van der Waals surface area contributed by atoms with Gasteiger partial charge in [0.2, 0.25) is 5.95 Å². The van der Waals surface area contributed by atoms with Gasteiger partial charge in [-0.3, -0.25) is 0 Å². The molecule has 0 fully saturated rings. The predicted octanol–water partition coefficient (Wildman–Crippen LogP) is 2.17. The number of hydrogen-bond donors (Lipinski definition) is 0. The second kappa shape index (κ2) is 5.00. The third-order valence-corrected chi connectivity index (χ3v) is 2.57. The first-order valence-electron chi connectivity index (χ1n) is 5.45. The van der Waals surface area contributed by atoms with Crippen LogP contribution in [0.15, 0.2) is 30.6 Å². The Labute approximate surface area is 104 Å². The summed E-state index contributed by atoms with van der Waals surface area (Å²) in [4.78, 5) is 15.1. The molecule has 0 unspecified atom stereocenters. The molecule has 0 aliphatic carbocycles. The first-order chi connectivity index (χ1) is 8.60. The Morgan fingerprint density at radius 2 is 2.28 bits per heavy atom. The number of ether oxygens (including phenoxy) is 1. The van der Waals surface area contributed by atoms with E-state index in [0.29, 0.717) is 12.2 Å². The molecule has 0 spiro atoms. The number of nitrogens with zero attached hydrogens (tertiary/aromatic N) is 2. The number of hydrogen-bond acceptors (Lipinski definition) is 3. The Morgan fingerprint density at radius 1 is 1.50 bits per heavy atom. The lowest BCUT2D eigenvalue weighted by Crippen LogP contribution is -2.10. The number of esters is 1. The molecule has 0 atom stereocenters. The summed E-state index contributed by atoms with van der Waals surface area (Å²) in [6, 6.07) is 4.79. The molecule has 94 valence electrons. The van der Waals surface area contributed by atoms with Crippen LogP contribution in [0.2, 0.25) is 0 Å². The standard InChI is InChI=1S/C13H13FN2O2/c1-9-5-11(13(17)18-2)16(7-9)8-10-3-4-15-12(14)6-10/h3-7H,8H2,1-2H3. The Balaban J connectivity index is 2.31. The quantitative estimate of drug-likeness (QED) is 0.617. The number of aryl methyl sites for hydroxylation is 1. The molecule has 2 aromatic rings. The number of carbonyl (C=O) groups is 1. The molecule has 0 saturated heterocycles. The molecule has 0 amide bonds. The molecule has 0 aromatic carbocycles. The van der Waals surface area contributed by atoms with Crippen molar-refractivity contribution in [3.05, 3.63) is 53.4 Å². The summed E-state index contributed by atoms with van der Waals surface area (Å²) < 4.78 is 19.4. The van der Waals surface area contributed by atoms with E-state index in [4.69, 9.17) is 4.74 Å². The summed E-state index contributed by atoms with van der Waals surface area (Å²) in [5, 5.41) is 0. The second-order valence-electron chi connectivity index (χ2n) is 4.01. The van der Waals surface area contributed by atoms with Crippen LogP contribution in [0.25, 0.3) is 0 Å². The minimum Gasteiger partial charge on any atom is -0.464 e. The second-order valence-corrected chi connectivity index (χ2v) is 4.01. The van der Waals surface area contributed by atoms with Crippen molar-refractivity contribution in [2.45, 2.75) is 13.5 Å². The number of methoxy groups -OCH3 is 1. The highest BCUT2D eigenvalue weighted by molar-refractivity contribution is 5.88. The number of aromatic nitrogens is 2. The lowest BCUT2D eigenvalue weighted by atomic mass is 10.2. The molecule has 4 nitrogen and oxygen atoms in total. The summed E-state index contributed by atoms with van der Waals surface area (Å²) in [5.74, 6) is -0.936. The monoisotopic (exact) mass is 248 g/mol. The topological polar surface area (TPSA) is 44.1 Å². The molecule has 0 aliphatic rings. The van der Waals surface area contributed by atoms with Crippen LogP contribution in [-0.4, -0.2) is 22.6 Å². The average Bonchev–Trinajstić information content (AvgIpc) is 2.69. The zero-order valence-electron chi connectivity index (χ0n) is 10.2. The minimum absolute atomic E-state index is 0.401. The van der Waals surface area contributed by atoms with Gasteiger partial charge in [0.25, 0.3) is 0 Å². The maximum Gasteiger partial charge on any atom is 0.354 e. The smallest absolute Gasteiger partial charge is 0.354 e. The Hall–Kier alpha value is -2.17. The molecule has 2 heterocycles. The van der Waals surface area contributed by atoms with Crippen molar-refractivity contribution in [1.82, 2.24) is 9.55 Å². The van der Waals surface area contributed by atoms with Crippen molar-refractivity contribution in [3.8, 4) is 0 Å². The molecule has 18 heavy (non-hydrogen) atoms. The largest absolute Gasteiger partial charge is 0.464 e. The van der Waals surface area contributed by atoms with Gasteiger partial charge in [-0.15, -0.1) is 0 Å². The molecule has 0 aliphatic heterocycles. The number of pyridine rings is 1. The van der Waals surface area contributed by atoms with Gasteiger partial charge in [0.05, 0.1) is 7.11 Å². The predicted molar refractivity (Wildman–Crippen MR) is 63.8 cm³/mol. The summed E-state index contributed by atoms with van der Waals surface area (Å²) in [5.41, 5.74) is 2.14. The van der Waals surface area contributed by atoms with Crippen molar-refractivity contribution in [2.75, 3.05) is 7.11 Å². The van der Waals surface area contributed by atoms with Crippen LogP contribution in [0, 0.1) is 12.9 Å². The van der Waals surface area contributed by atoms with E-state index in [2.05, 4.69) is 4.98 Å². The van der Waals surface area contributed by atoms with Crippen LogP contribution in [0.4, 0.5) is 4.39 Å². The van der Waals surface area contributed by atoms with E-state index in [1.54, 1.807) is 16.7 Å². The van der Waals surface area contributed by atoms with Crippen molar-refractivity contribution in [3.63, 3.8) is 0 Å². The number of carbonyl (C=O) groups excluding carboxylic acids is 1. The van der Waals surface area contributed by atoms with Crippen LogP contribution in [-0.2, 0) is 11.3 Å².